The van der Waals surface area contributed by atoms with Gasteiger partial charge in [0.2, 0.25) is 0 Å². The highest BCUT2D eigenvalue weighted by Crippen LogP contribution is 2.23. The maximum absolute atomic E-state index is 13.6. The van der Waals surface area contributed by atoms with E-state index in [0.29, 0.717) is 22.2 Å². The number of rotatable bonds is 6. The molecule has 0 aliphatic rings. The molecular weight excluding hydrogens is 379 g/mol. The van der Waals surface area contributed by atoms with Gasteiger partial charge >= 0.3 is 0 Å². The standard InChI is InChI=1S/C22H20ClFN2O2/c1-15-12-19(9-10-20(15)23)28-16(2)22(27)26(21-8-3-4-11-25-21)14-17-6-5-7-18(24)13-17/h3-13,16H,14H2,1-2H3. The van der Waals surface area contributed by atoms with Gasteiger partial charge < -0.3 is 4.74 Å². The van der Waals surface area contributed by atoms with E-state index in [0.717, 1.165) is 5.56 Å². The molecule has 1 unspecified atom stereocenters. The Morgan fingerprint density at radius 1 is 1.18 bits per heavy atom. The summed E-state index contributed by atoms with van der Waals surface area (Å²) in [6, 6.07) is 16.7. The average molecular weight is 399 g/mol. The summed E-state index contributed by atoms with van der Waals surface area (Å²) in [6.07, 6.45) is 0.839. The van der Waals surface area contributed by atoms with Crippen molar-refractivity contribution < 1.29 is 13.9 Å². The Morgan fingerprint density at radius 3 is 2.68 bits per heavy atom. The summed E-state index contributed by atoms with van der Waals surface area (Å²) in [5.41, 5.74) is 1.52. The number of benzene rings is 2. The predicted octanol–water partition coefficient (Wildman–Crippen LogP) is 5.18. The van der Waals surface area contributed by atoms with Gasteiger partial charge in [0.25, 0.3) is 5.91 Å². The fraction of sp³-hybridized carbons (Fsp3) is 0.182. The van der Waals surface area contributed by atoms with Crippen molar-refractivity contribution in [3.8, 4) is 5.75 Å². The van der Waals surface area contributed by atoms with E-state index >= 15 is 0 Å². The van der Waals surface area contributed by atoms with Crippen LogP contribution in [-0.2, 0) is 11.3 Å². The minimum Gasteiger partial charge on any atom is -0.481 e. The van der Waals surface area contributed by atoms with Gasteiger partial charge in [-0.3, -0.25) is 9.69 Å². The van der Waals surface area contributed by atoms with Crippen LogP contribution in [0.25, 0.3) is 0 Å². The van der Waals surface area contributed by atoms with E-state index < -0.39 is 6.10 Å². The number of hydrogen-bond acceptors (Lipinski definition) is 3. The number of aromatic nitrogens is 1. The van der Waals surface area contributed by atoms with Crippen molar-refractivity contribution in [1.29, 1.82) is 0 Å². The highest BCUT2D eigenvalue weighted by molar-refractivity contribution is 6.31. The van der Waals surface area contributed by atoms with Crippen molar-refractivity contribution in [2.45, 2.75) is 26.5 Å². The third-order valence-corrected chi connectivity index (χ3v) is 4.64. The second-order valence-corrected chi connectivity index (χ2v) is 6.82. The van der Waals surface area contributed by atoms with Crippen LogP contribution in [0.3, 0.4) is 0 Å². The second-order valence-electron chi connectivity index (χ2n) is 6.41. The summed E-state index contributed by atoms with van der Waals surface area (Å²) in [5, 5.41) is 0.632. The SMILES string of the molecule is Cc1cc(OC(C)C(=O)N(Cc2cccc(F)c2)c2ccccn2)ccc1Cl. The van der Waals surface area contributed by atoms with E-state index in [1.165, 1.54) is 17.0 Å². The van der Waals surface area contributed by atoms with E-state index in [1.807, 2.05) is 6.92 Å². The molecule has 1 aromatic heterocycles. The molecule has 1 atom stereocenters. The van der Waals surface area contributed by atoms with Gasteiger partial charge in [0, 0.05) is 11.2 Å². The zero-order valence-corrected chi connectivity index (χ0v) is 16.4. The molecule has 3 aromatic rings. The van der Waals surface area contributed by atoms with Crippen molar-refractivity contribution in [2.75, 3.05) is 4.90 Å². The van der Waals surface area contributed by atoms with Crippen LogP contribution in [-0.4, -0.2) is 17.0 Å². The second kappa shape index (κ2) is 8.85. The first-order valence-electron chi connectivity index (χ1n) is 8.83. The Hall–Kier alpha value is -2.92. The maximum Gasteiger partial charge on any atom is 0.269 e. The Labute approximate surface area is 168 Å². The molecule has 2 aromatic carbocycles. The van der Waals surface area contributed by atoms with E-state index in [4.69, 9.17) is 16.3 Å². The van der Waals surface area contributed by atoms with Gasteiger partial charge in [0.15, 0.2) is 6.10 Å². The van der Waals surface area contributed by atoms with Crippen LogP contribution in [0.1, 0.15) is 18.1 Å². The number of anilines is 1. The van der Waals surface area contributed by atoms with Crippen molar-refractivity contribution in [1.82, 2.24) is 4.98 Å². The summed E-state index contributed by atoms with van der Waals surface area (Å²) in [6.45, 7) is 3.72. The zero-order valence-electron chi connectivity index (χ0n) is 15.6. The number of carbonyl (C=O) groups excluding carboxylic acids is 1. The molecule has 144 valence electrons. The number of pyridine rings is 1. The molecular formula is C22H20ClFN2O2. The first-order valence-corrected chi connectivity index (χ1v) is 9.21. The lowest BCUT2D eigenvalue weighted by Crippen LogP contribution is -2.40. The molecule has 0 N–H and O–H groups in total. The average Bonchev–Trinajstić information content (AvgIpc) is 2.69. The highest BCUT2D eigenvalue weighted by Gasteiger charge is 2.25. The number of ether oxygens (including phenoxy) is 1. The van der Waals surface area contributed by atoms with Gasteiger partial charge in [-0.25, -0.2) is 9.37 Å². The quantitative estimate of drug-likeness (QED) is 0.574. The van der Waals surface area contributed by atoms with Crippen LogP contribution in [0.4, 0.5) is 10.2 Å². The lowest BCUT2D eigenvalue weighted by Gasteiger charge is -2.25. The Balaban J connectivity index is 1.84. The van der Waals surface area contributed by atoms with E-state index in [-0.39, 0.29) is 18.3 Å². The number of aryl methyl sites for hydroxylation is 1. The lowest BCUT2D eigenvalue weighted by molar-refractivity contribution is -0.124. The number of halogens is 2. The largest absolute Gasteiger partial charge is 0.481 e. The van der Waals surface area contributed by atoms with Crippen LogP contribution < -0.4 is 9.64 Å². The van der Waals surface area contributed by atoms with E-state index in [2.05, 4.69) is 4.98 Å². The van der Waals surface area contributed by atoms with Gasteiger partial charge in [-0.15, -0.1) is 0 Å². The highest BCUT2D eigenvalue weighted by atomic mass is 35.5. The summed E-state index contributed by atoms with van der Waals surface area (Å²) in [5.74, 6) is 0.386. The van der Waals surface area contributed by atoms with Crippen molar-refractivity contribution in [3.05, 3.63) is 88.8 Å². The minimum atomic E-state index is -0.767. The summed E-state index contributed by atoms with van der Waals surface area (Å²) in [4.78, 5) is 18.9. The number of amides is 1. The maximum atomic E-state index is 13.6. The molecule has 1 heterocycles. The summed E-state index contributed by atoms with van der Waals surface area (Å²) < 4.78 is 19.4. The van der Waals surface area contributed by atoms with Crippen LogP contribution in [0.2, 0.25) is 5.02 Å². The fourth-order valence-corrected chi connectivity index (χ4v) is 2.89. The topological polar surface area (TPSA) is 42.4 Å². The third-order valence-electron chi connectivity index (χ3n) is 4.21. The molecule has 0 aliphatic heterocycles. The number of nitrogens with zero attached hydrogens (tertiary/aromatic N) is 2. The van der Waals surface area contributed by atoms with Gasteiger partial charge in [0.05, 0.1) is 6.54 Å². The molecule has 0 spiro atoms. The lowest BCUT2D eigenvalue weighted by atomic mass is 10.2. The number of carbonyl (C=O) groups is 1. The van der Waals surface area contributed by atoms with Crippen molar-refractivity contribution in [2.24, 2.45) is 0 Å². The van der Waals surface area contributed by atoms with E-state index in [1.54, 1.807) is 61.7 Å². The monoisotopic (exact) mass is 398 g/mol. The molecule has 28 heavy (non-hydrogen) atoms. The molecule has 0 saturated carbocycles. The van der Waals surface area contributed by atoms with E-state index in [9.17, 15) is 9.18 Å². The van der Waals surface area contributed by atoms with Crippen LogP contribution in [0.5, 0.6) is 5.75 Å². The zero-order chi connectivity index (χ0) is 20.1. The van der Waals surface area contributed by atoms with Crippen molar-refractivity contribution >= 4 is 23.3 Å². The van der Waals surface area contributed by atoms with Crippen molar-refractivity contribution in [3.63, 3.8) is 0 Å². The van der Waals surface area contributed by atoms with Crippen LogP contribution >= 0.6 is 11.6 Å². The molecule has 0 fully saturated rings. The Bertz CT molecular complexity index is 966. The Morgan fingerprint density at radius 2 is 2.00 bits per heavy atom. The molecule has 0 bridgehead atoms. The molecule has 1 amide bonds. The normalized spacial score (nSPS) is 11.7. The molecule has 3 rings (SSSR count). The van der Waals surface area contributed by atoms with Gasteiger partial charge in [0.1, 0.15) is 17.4 Å². The number of hydrogen-bond donors (Lipinski definition) is 0. The predicted molar refractivity (Wildman–Crippen MR) is 108 cm³/mol. The summed E-state index contributed by atoms with van der Waals surface area (Å²) >= 11 is 6.04. The summed E-state index contributed by atoms with van der Waals surface area (Å²) in [7, 11) is 0. The van der Waals surface area contributed by atoms with Crippen LogP contribution in [0.15, 0.2) is 66.9 Å². The van der Waals surface area contributed by atoms with Gasteiger partial charge in [-0.05, 0) is 67.4 Å². The molecule has 0 radical (unpaired) electrons. The van der Waals surface area contributed by atoms with Crippen LogP contribution in [0, 0.1) is 12.7 Å². The minimum absolute atomic E-state index is 0.182. The molecule has 6 heteroatoms. The smallest absolute Gasteiger partial charge is 0.269 e. The first kappa shape index (κ1) is 19.8. The third kappa shape index (κ3) is 4.87. The Kier molecular flexibility index (Phi) is 6.26. The molecule has 0 saturated heterocycles. The van der Waals surface area contributed by atoms with Gasteiger partial charge in [-0.1, -0.05) is 29.8 Å². The molecule has 4 nitrogen and oxygen atoms in total. The first-order chi connectivity index (χ1) is 13.4. The van der Waals surface area contributed by atoms with Gasteiger partial charge in [-0.2, -0.15) is 0 Å². The molecule has 0 aliphatic carbocycles. The fourth-order valence-electron chi connectivity index (χ4n) is 2.77.